The van der Waals surface area contributed by atoms with Gasteiger partial charge in [0.2, 0.25) is 0 Å². The molecule has 0 saturated carbocycles. The van der Waals surface area contributed by atoms with Gasteiger partial charge in [0.25, 0.3) is 0 Å². The van der Waals surface area contributed by atoms with Crippen molar-refractivity contribution >= 4 is 5.78 Å². The Morgan fingerprint density at radius 3 is 2.25 bits per heavy atom. The molecule has 0 unspecified atom stereocenters. The van der Waals surface area contributed by atoms with Crippen molar-refractivity contribution in [2.45, 2.75) is 40.5 Å². The molecule has 0 bridgehead atoms. The summed E-state index contributed by atoms with van der Waals surface area (Å²) in [5.74, 6) is -0.495. The molecule has 1 nitrogen and oxygen atoms in total. The summed E-state index contributed by atoms with van der Waals surface area (Å²) in [5.41, 5.74) is 1.88. The molecule has 0 fully saturated rings. The fourth-order valence-electron chi connectivity index (χ4n) is 2.09. The van der Waals surface area contributed by atoms with E-state index in [1.165, 1.54) is 6.07 Å². The van der Waals surface area contributed by atoms with Gasteiger partial charge in [-0.15, -0.1) is 0 Å². The summed E-state index contributed by atoms with van der Waals surface area (Å²) in [7, 11) is 0. The topological polar surface area (TPSA) is 17.1 Å². The zero-order valence-corrected chi connectivity index (χ0v) is 10.4. The summed E-state index contributed by atoms with van der Waals surface area (Å²) in [6, 6.07) is 3.29. The third-order valence-corrected chi connectivity index (χ3v) is 3.03. The summed E-state index contributed by atoms with van der Waals surface area (Å²) in [4.78, 5) is 12.1. The Kier molecular flexibility index (Phi) is 4.22. The van der Waals surface area contributed by atoms with Crippen molar-refractivity contribution in [3.8, 4) is 0 Å². The number of carbonyl (C=O) groups excluding carboxylic acids is 1. The molecule has 0 aromatic heterocycles. The van der Waals surface area contributed by atoms with E-state index in [2.05, 4.69) is 0 Å². The third-order valence-electron chi connectivity index (χ3n) is 3.03. The summed E-state index contributed by atoms with van der Waals surface area (Å²) in [5, 5.41) is 0. The smallest absolute Gasteiger partial charge is 0.169 e. The van der Waals surface area contributed by atoms with Crippen LogP contribution in [-0.4, -0.2) is 5.78 Å². The van der Waals surface area contributed by atoms with Crippen molar-refractivity contribution in [3.05, 3.63) is 34.6 Å². The van der Waals surface area contributed by atoms with Crippen LogP contribution in [-0.2, 0) is 0 Å². The largest absolute Gasteiger partial charge is 0.294 e. The number of carbonyl (C=O) groups is 1. The van der Waals surface area contributed by atoms with E-state index in [-0.39, 0.29) is 23.1 Å². The fraction of sp³-hybridized carbons (Fsp3) is 0.500. The standard InChI is InChI=1S/C14H19FO/c1-5-11(6-2)14(16)13-10(4)7-9(3)8-12(13)15/h7-8,11H,5-6H2,1-4H3. The summed E-state index contributed by atoms with van der Waals surface area (Å²) in [6.07, 6.45) is 1.53. The molecule has 0 spiro atoms. The monoisotopic (exact) mass is 222 g/mol. The van der Waals surface area contributed by atoms with E-state index in [9.17, 15) is 9.18 Å². The summed E-state index contributed by atoms with van der Waals surface area (Å²) in [6.45, 7) is 7.56. The van der Waals surface area contributed by atoms with Gasteiger partial charge in [-0.1, -0.05) is 19.9 Å². The second-order valence-electron chi connectivity index (χ2n) is 4.32. The van der Waals surface area contributed by atoms with Crippen LogP contribution in [0.25, 0.3) is 0 Å². The summed E-state index contributed by atoms with van der Waals surface area (Å²) >= 11 is 0. The van der Waals surface area contributed by atoms with Crippen LogP contribution in [0, 0.1) is 25.6 Å². The van der Waals surface area contributed by atoms with E-state index in [1.807, 2.05) is 26.8 Å². The van der Waals surface area contributed by atoms with Crippen LogP contribution >= 0.6 is 0 Å². The van der Waals surface area contributed by atoms with E-state index in [0.29, 0.717) is 0 Å². The van der Waals surface area contributed by atoms with Gasteiger partial charge in [-0.25, -0.2) is 4.39 Å². The minimum Gasteiger partial charge on any atom is -0.294 e. The summed E-state index contributed by atoms with van der Waals surface area (Å²) < 4.78 is 13.8. The Morgan fingerprint density at radius 2 is 1.81 bits per heavy atom. The van der Waals surface area contributed by atoms with Crippen molar-refractivity contribution in [1.82, 2.24) is 0 Å². The van der Waals surface area contributed by atoms with Crippen LogP contribution in [0.3, 0.4) is 0 Å². The minimum absolute atomic E-state index is 0.0556. The maximum Gasteiger partial charge on any atom is 0.169 e. The highest BCUT2D eigenvalue weighted by molar-refractivity contribution is 5.99. The highest BCUT2D eigenvalue weighted by Gasteiger charge is 2.21. The zero-order chi connectivity index (χ0) is 12.3. The van der Waals surface area contributed by atoms with Crippen LogP contribution in [0.1, 0.15) is 48.2 Å². The molecule has 0 heterocycles. The lowest BCUT2D eigenvalue weighted by molar-refractivity contribution is 0.0908. The van der Waals surface area contributed by atoms with Gasteiger partial charge in [-0.05, 0) is 43.9 Å². The average Bonchev–Trinajstić information content (AvgIpc) is 2.17. The molecular weight excluding hydrogens is 203 g/mol. The number of Topliss-reactive ketones (excluding diaryl/α,β-unsaturated/α-hetero) is 1. The number of rotatable bonds is 4. The van der Waals surface area contributed by atoms with Gasteiger partial charge in [0, 0.05) is 5.92 Å². The molecule has 1 aromatic rings. The highest BCUT2D eigenvalue weighted by Crippen LogP contribution is 2.22. The van der Waals surface area contributed by atoms with Gasteiger partial charge in [-0.3, -0.25) is 4.79 Å². The van der Waals surface area contributed by atoms with E-state index in [4.69, 9.17) is 0 Å². The first-order valence-corrected chi connectivity index (χ1v) is 5.82. The first kappa shape index (κ1) is 12.9. The van der Waals surface area contributed by atoms with Gasteiger partial charge in [0.15, 0.2) is 5.78 Å². The quantitative estimate of drug-likeness (QED) is 0.702. The number of hydrogen-bond donors (Lipinski definition) is 0. The van der Waals surface area contributed by atoms with Crippen molar-refractivity contribution in [3.63, 3.8) is 0 Å². The second kappa shape index (κ2) is 5.24. The molecule has 0 atom stereocenters. The van der Waals surface area contributed by atoms with Gasteiger partial charge in [-0.2, -0.15) is 0 Å². The Bertz CT molecular complexity index is 369. The lowest BCUT2D eigenvalue weighted by Crippen LogP contribution is -2.16. The predicted molar refractivity (Wildman–Crippen MR) is 64.3 cm³/mol. The third kappa shape index (κ3) is 2.49. The molecule has 0 radical (unpaired) electrons. The van der Waals surface area contributed by atoms with Crippen molar-refractivity contribution in [2.75, 3.05) is 0 Å². The second-order valence-corrected chi connectivity index (χ2v) is 4.32. The van der Waals surface area contributed by atoms with E-state index >= 15 is 0 Å². The maximum absolute atomic E-state index is 13.8. The Balaban J connectivity index is 3.18. The Hall–Kier alpha value is -1.18. The van der Waals surface area contributed by atoms with Crippen LogP contribution in [0.2, 0.25) is 0 Å². The number of benzene rings is 1. The number of aryl methyl sites for hydroxylation is 2. The molecule has 16 heavy (non-hydrogen) atoms. The van der Waals surface area contributed by atoms with E-state index < -0.39 is 0 Å². The van der Waals surface area contributed by atoms with Gasteiger partial charge in [0.1, 0.15) is 5.82 Å². The lowest BCUT2D eigenvalue weighted by Gasteiger charge is -2.14. The average molecular weight is 222 g/mol. The van der Waals surface area contributed by atoms with Gasteiger partial charge in [0.05, 0.1) is 5.56 Å². The van der Waals surface area contributed by atoms with Gasteiger partial charge >= 0.3 is 0 Å². The Labute approximate surface area is 96.7 Å². The van der Waals surface area contributed by atoms with E-state index in [1.54, 1.807) is 6.92 Å². The highest BCUT2D eigenvalue weighted by atomic mass is 19.1. The van der Waals surface area contributed by atoms with Crippen LogP contribution < -0.4 is 0 Å². The van der Waals surface area contributed by atoms with Crippen LogP contribution in [0.15, 0.2) is 12.1 Å². The fourth-order valence-corrected chi connectivity index (χ4v) is 2.09. The number of hydrogen-bond acceptors (Lipinski definition) is 1. The van der Waals surface area contributed by atoms with Crippen LogP contribution in [0.4, 0.5) is 4.39 Å². The molecule has 0 aliphatic carbocycles. The SMILES string of the molecule is CCC(CC)C(=O)c1c(C)cc(C)cc1F. The molecule has 1 rings (SSSR count). The first-order chi connectivity index (χ1) is 7.51. The molecular formula is C14H19FO. The Morgan fingerprint density at radius 1 is 1.25 bits per heavy atom. The molecule has 0 aliphatic heterocycles. The lowest BCUT2D eigenvalue weighted by atomic mass is 9.90. The first-order valence-electron chi connectivity index (χ1n) is 5.82. The van der Waals surface area contributed by atoms with Gasteiger partial charge < -0.3 is 0 Å². The molecule has 0 aliphatic rings. The maximum atomic E-state index is 13.8. The van der Waals surface area contributed by atoms with Crippen molar-refractivity contribution in [1.29, 1.82) is 0 Å². The molecule has 2 heteroatoms. The van der Waals surface area contributed by atoms with E-state index in [0.717, 1.165) is 24.0 Å². The molecule has 88 valence electrons. The molecule has 1 aromatic carbocycles. The predicted octanol–water partition coefficient (Wildman–Crippen LogP) is 4.06. The number of halogens is 1. The molecule has 0 amide bonds. The normalized spacial score (nSPS) is 10.9. The van der Waals surface area contributed by atoms with Crippen molar-refractivity contribution < 1.29 is 9.18 Å². The van der Waals surface area contributed by atoms with Crippen LogP contribution in [0.5, 0.6) is 0 Å². The minimum atomic E-state index is -0.380. The number of ketones is 1. The molecule has 0 N–H and O–H groups in total. The zero-order valence-electron chi connectivity index (χ0n) is 10.4. The molecule has 0 saturated heterocycles. The van der Waals surface area contributed by atoms with Crippen molar-refractivity contribution in [2.24, 2.45) is 5.92 Å².